The predicted molar refractivity (Wildman–Crippen MR) is 100 cm³/mol. The van der Waals surface area contributed by atoms with Gasteiger partial charge in [-0.2, -0.15) is 0 Å². The van der Waals surface area contributed by atoms with E-state index < -0.39 is 5.97 Å². The first-order valence-electron chi connectivity index (χ1n) is 8.83. The Morgan fingerprint density at radius 2 is 1.84 bits per heavy atom. The van der Waals surface area contributed by atoms with Gasteiger partial charge in [-0.3, -0.25) is 4.79 Å². The number of nitrogens with one attached hydrogen (secondary N) is 1. The van der Waals surface area contributed by atoms with Crippen LogP contribution in [0.4, 0.5) is 5.00 Å². The Morgan fingerprint density at radius 3 is 2.52 bits per heavy atom. The minimum Gasteiger partial charge on any atom is -0.478 e. The third kappa shape index (κ3) is 4.48. The maximum atomic E-state index is 12.2. The van der Waals surface area contributed by atoms with Crippen LogP contribution in [0.25, 0.3) is 0 Å². The average Bonchev–Trinajstić information content (AvgIpc) is 3.05. The molecule has 2 N–H and O–H groups in total. The number of thiophene rings is 1. The molecule has 1 aromatic carbocycles. The van der Waals surface area contributed by atoms with Crippen LogP contribution in [0, 0.1) is 0 Å². The Labute approximate surface area is 151 Å². The molecule has 0 radical (unpaired) electrons. The molecule has 132 valence electrons. The van der Waals surface area contributed by atoms with E-state index in [2.05, 4.69) is 5.32 Å². The number of rotatable bonds is 6. The molecule has 1 aromatic heterocycles. The Kier molecular flexibility index (Phi) is 5.87. The molecule has 0 atom stereocenters. The normalized spacial score (nSPS) is 15.0. The minimum atomic E-state index is -0.944. The van der Waals surface area contributed by atoms with Crippen LogP contribution < -0.4 is 5.32 Å². The smallest absolute Gasteiger partial charge is 0.339 e. The molecule has 0 unspecified atom stereocenters. The van der Waals surface area contributed by atoms with Gasteiger partial charge in [0.15, 0.2) is 0 Å². The maximum Gasteiger partial charge on any atom is 0.339 e. The Bertz CT molecular complexity index is 733. The molecule has 25 heavy (non-hydrogen) atoms. The molecule has 1 aliphatic rings. The SMILES string of the molecule is O=C(CCc1ccccc1)Nc1scc(C2CCCCC2)c1C(=O)O. The Morgan fingerprint density at radius 1 is 1.12 bits per heavy atom. The third-order valence-corrected chi connectivity index (χ3v) is 5.73. The average molecular weight is 357 g/mol. The summed E-state index contributed by atoms with van der Waals surface area (Å²) in [7, 11) is 0. The van der Waals surface area contributed by atoms with Crippen LogP contribution >= 0.6 is 11.3 Å². The first kappa shape index (κ1) is 17.7. The lowest BCUT2D eigenvalue weighted by atomic mass is 9.83. The zero-order chi connectivity index (χ0) is 17.6. The van der Waals surface area contributed by atoms with Crippen molar-refractivity contribution in [1.82, 2.24) is 0 Å². The Hall–Kier alpha value is -2.14. The van der Waals surface area contributed by atoms with Gasteiger partial charge < -0.3 is 10.4 Å². The number of carboxylic acid groups (broad SMARTS) is 1. The van der Waals surface area contributed by atoms with Gasteiger partial charge in [-0.1, -0.05) is 49.6 Å². The number of hydrogen-bond acceptors (Lipinski definition) is 3. The van der Waals surface area contributed by atoms with Gasteiger partial charge in [0.05, 0.1) is 5.56 Å². The number of carboxylic acids is 1. The molecule has 0 aliphatic heterocycles. The largest absolute Gasteiger partial charge is 0.478 e. The molecule has 4 nitrogen and oxygen atoms in total. The number of carbonyl (C=O) groups is 2. The van der Waals surface area contributed by atoms with Crippen molar-refractivity contribution >= 4 is 28.2 Å². The van der Waals surface area contributed by atoms with E-state index in [1.165, 1.54) is 17.8 Å². The fraction of sp³-hybridized carbons (Fsp3) is 0.400. The van der Waals surface area contributed by atoms with Gasteiger partial charge in [-0.25, -0.2) is 4.79 Å². The quantitative estimate of drug-likeness (QED) is 0.759. The maximum absolute atomic E-state index is 12.2. The van der Waals surface area contributed by atoms with Crippen molar-refractivity contribution in [2.75, 3.05) is 5.32 Å². The third-order valence-electron chi connectivity index (χ3n) is 4.81. The van der Waals surface area contributed by atoms with Crippen molar-refractivity contribution in [3.8, 4) is 0 Å². The van der Waals surface area contributed by atoms with Crippen LogP contribution in [0.2, 0.25) is 0 Å². The standard InChI is InChI=1S/C20H23NO3S/c22-17(12-11-14-7-3-1-4-8-14)21-19-18(20(23)24)16(13-25-19)15-9-5-2-6-10-15/h1,3-4,7-8,13,15H,2,5-6,9-12H2,(H,21,22)(H,23,24). The number of anilines is 1. The number of hydrogen-bond donors (Lipinski definition) is 2. The number of aromatic carboxylic acids is 1. The molecular weight excluding hydrogens is 334 g/mol. The van der Waals surface area contributed by atoms with E-state index in [-0.39, 0.29) is 5.91 Å². The molecule has 0 bridgehead atoms. The summed E-state index contributed by atoms with van der Waals surface area (Å²) in [5, 5.41) is 14.9. The first-order chi connectivity index (χ1) is 12.1. The van der Waals surface area contributed by atoms with Crippen LogP contribution in [-0.4, -0.2) is 17.0 Å². The molecule has 3 rings (SSSR count). The zero-order valence-electron chi connectivity index (χ0n) is 14.2. The summed E-state index contributed by atoms with van der Waals surface area (Å²) < 4.78 is 0. The van der Waals surface area contributed by atoms with E-state index in [4.69, 9.17) is 0 Å². The molecule has 1 aliphatic carbocycles. The van der Waals surface area contributed by atoms with Crippen molar-refractivity contribution in [1.29, 1.82) is 0 Å². The van der Waals surface area contributed by atoms with Crippen LogP contribution in [0.15, 0.2) is 35.7 Å². The van der Waals surface area contributed by atoms with E-state index >= 15 is 0 Å². The molecule has 1 amide bonds. The monoisotopic (exact) mass is 357 g/mol. The molecule has 5 heteroatoms. The summed E-state index contributed by atoms with van der Waals surface area (Å²) in [6.07, 6.45) is 6.61. The first-order valence-corrected chi connectivity index (χ1v) is 9.71. The molecule has 1 saturated carbocycles. The van der Waals surface area contributed by atoms with Gasteiger partial charge in [-0.15, -0.1) is 11.3 Å². The van der Waals surface area contributed by atoms with Gasteiger partial charge >= 0.3 is 5.97 Å². The Balaban J connectivity index is 1.68. The molecular formula is C20H23NO3S. The summed E-state index contributed by atoms with van der Waals surface area (Å²) in [5.74, 6) is -0.769. The van der Waals surface area contributed by atoms with Crippen molar-refractivity contribution < 1.29 is 14.7 Å². The van der Waals surface area contributed by atoms with Gasteiger partial charge in [0.25, 0.3) is 0 Å². The highest BCUT2D eigenvalue weighted by atomic mass is 32.1. The lowest BCUT2D eigenvalue weighted by Crippen LogP contribution is -2.15. The second-order valence-electron chi connectivity index (χ2n) is 6.57. The van der Waals surface area contributed by atoms with Gasteiger partial charge in [0, 0.05) is 6.42 Å². The van der Waals surface area contributed by atoms with E-state index in [1.54, 1.807) is 0 Å². The van der Waals surface area contributed by atoms with Crippen molar-refractivity contribution in [3.63, 3.8) is 0 Å². The van der Waals surface area contributed by atoms with Gasteiger partial charge in [0.1, 0.15) is 5.00 Å². The molecule has 0 spiro atoms. The summed E-state index contributed by atoms with van der Waals surface area (Å²) >= 11 is 1.34. The van der Waals surface area contributed by atoms with E-state index in [0.29, 0.717) is 29.3 Å². The van der Waals surface area contributed by atoms with Crippen molar-refractivity contribution in [2.24, 2.45) is 0 Å². The highest BCUT2D eigenvalue weighted by molar-refractivity contribution is 7.15. The number of carbonyl (C=O) groups excluding carboxylic acids is 1. The highest BCUT2D eigenvalue weighted by Gasteiger charge is 2.26. The summed E-state index contributed by atoms with van der Waals surface area (Å²) in [6.45, 7) is 0. The van der Waals surface area contributed by atoms with E-state index in [9.17, 15) is 14.7 Å². The van der Waals surface area contributed by atoms with Crippen LogP contribution in [0.5, 0.6) is 0 Å². The summed E-state index contributed by atoms with van der Waals surface area (Å²) in [6, 6.07) is 9.82. The topological polar surface area (TPSA) is 66.4 Å². The number of benzene rings is 1. The van der Waals surface area contributed by atoms with Crippen molar-refractivity contribution in [2.45, 2.75) is 50.9 Å². The second kappa shape index (κ2) is 8.30. The van der Waals surface area contributed by atoms with Crippen molar-refractivity contribution in [3.05, 3.63) is 52.4 Å². The fourth-order valence-electron chi connectivity index (χ4n) is 3.49. The van der Waals surface area contributed by atoms with Crippen LogP contribution in [0.1, 0.15) is 65.9 Å². The van der Waals surface area contributed by atoms with E-state index in [0.717, 1.165) is 36.8 Å². The summed E-state index contributed by atoms with van der Waals surface area (Å²) in [4.78, 5) is 24.0. The fourth-order valence-corrected chi connectivity index (χ4v) is 4.54. The predicted octanol–water partition coefficient (Wildman–Crippen LogP) is 5.07. The van der Waals surface area contributed by atoms with Crippen LogP contribution in [-0.2, 0) is 11.2 Å². The molecule has 2 aromatic rings. The molecule has 1 fully saturated rings. The zero-order valence-corrected chi connectivity index (χ0v) is 15.0. The lowest BCUT2D eigenvalue weighted by Gasteiger charge is -2.21. The lowest BCUT2D eigenvalue weighted by molar-refractivity contribution is -0.116. The van der Waals surface area contributed by atoms with Gasteiger partial charge in [-0.05, 0) is 41.7 Å². The molecule has 1 heterocycles. The highest BCUT2D eigenvalue weighted by Crippen LogP contribution is 2.40. The van der Waals surface area contributed by atoms with Crippen LogP contribution in [0.3, 0.4) is 0 Å². The number of aryl methyl sites for hydroxylation is 1. The van der Waals surface area contributed by atoms with E-state index in [1.807, 2.05) is 35.7 Å². The summed E-state index contributed by atoms with van der Waals surface area (Å²) in [5.41, 5.74) is 2.30. The van der Waals surface area contributed by atoms with Gasteiger partial charge in [0.2, 0.25) is 5.91 Å². The number of amides is 1. The molecule has 0 saturated heterocycles. The minimum absolute atomic E-state index is 0.136. The second-order valence-corrected chi connectivity index (χ2v) is 7.45.